The van der Waals surface area contributed by atoms with Crippen LogP contribution in [0.2, 0.25) is 0 Å². The number of carboxylic acid groups (broad SMARTS) is 1. The second-order valence-electron chi connectivity index (χ2n) is 5.93. The van der Waals surface area contributed by atoms with E-state index in [2.05, 4.69) is 32.6 Å². The van der Waals surface area contributed by atoms with Crippen LogP contribution in [0.1, 0.15) is 38.1 Å². The summed E-state index contributed by atoms with van der Waals surface area (Å²) in [5.74, 6) is 0.810. The van der Waals surface area contributed by atoms with Crippen molar-refractivity contribution in [2.45, 2.75) is 27.7 Å². The van der Waals surface area contributed by atoms with Gasteiger partial charge < -0.3 is 9.84 Å². The second-order valence-corrected chi connectivity index (χ2v) is 5.93. The molecule has 0 aromatic heterocycles. The van der Waals surface area contributed by atoms with Crippen LogP contribution in [0.3, 0.4) is 0 Å². The number of carbonyl (C=O) groups is 1. The molecule has 20 heavy (non-hydrogen) atoms. The van der Waals surface area contributed by atoms with E-state index in [1.54, 1.807) is 24.3 Å². The molecule has 0 heterocycles. The van der Waals surface area contributed by atoms with E-state index in [4.69, 9.17) is 9.84 Å². The van der Waals surface area contributed by atoms with Gasteiger partial charge in [-0.2, -0.15) is 0 Å². The van der Waals surface area contributed by atoms with Crippen LogP contribution in [0.15, 0.2) is 24.3 Å². The van der Waals surface area contributed by atoms with Gasteiger partial charge in [0.25, 0.3) is 0 Å². The lowest BCUT2D eigenvalue weighted by Crippen LogP contribution is -2.34. The van der Waals surface area contributed by atoms with Crippen LogP contribution in [0.4, 0.5) is 0 Å². The summed E-state index contributed by atoms with van der Waals surface area (Å²) in [4.78, 5) is 13.2. The Bertz CT molecular complexity index is 419. The topological polar surface area (TPSA) is 49.8 Å². The first-order chi connectivity index (χ1) is 9.38. The summed E-state index contributed by atoms with van der Waals surface area (Å²) in [7, 11) is 0. The van der Waals surface area contributed by atoms with Crippen molar-refractivity contribution in [3.63, 3.8) is 0 Å². The van der Waals surface area contributed by atoms with Crippen molar-refractivity contribution in [2.75, 3.05) is 19.8 Å². The predicted octanol–water partition coefficient (Wildman–Crippen LogP) is 3.34. The molecule has 0 saturated carbocycles. The molecule has 1 aromatic carbocycles. The summed E-state index contributed by atoms with van der Waals surface area (Å²) in [6.45, 7) is 11.1. The molecule has 0 aliphatic heterocycles. The monoisotopic (exact) mass is 279 g/mol. The molecule has 4 nitrogen and oxygen atoms in total. The first-order valence-electron chi connectivity index (χ1n) is 7.07. The Hall–Kier alpha value is -1.55. The van der Waals surface area contributed by atoms with Crippen molar-refractivity contribution in [3.8, 4) is 5.75 Å². The summed E-state index contributed by atoms with van der Waals surface area (Å²) < 4.78 is 5.72. The number of aromatic carboxylic acids is 1. The maximum Gasteiger partial charge on any atom is 0.335 e. The lowest BCUT2D eigenvalue weighted by Gasteiger charge is -2.26. The number of hydrogen-bond donors (Lipinski definition) is 1. The first-order valence-corrected chi connectivity index (χ1v) is 7.07. The molecule has 0 aliphatic rings. The first kappa shape index (κ1) is 16.5. The lowest BCUT2D eigenvalue weighted by molar-refractivity contribution is 0.0695. The fraction of sp³-hybridized carbons (Fsp3) is 0.562. The Morgan fingerprint density at radius 1 is 1.20 bits per heavy atom. The molecule has 0 aliphatic carbocycles. The lowest BCUT2D eigenvalue weighted by atomic mass is 10.1. The summed E-state index contributed by atoms with van der Waals surface area (Å²) >= 11 is 0. The van der Waals surface area contributed by atoms with Crippen molar-refractivity contribution >= 4 is 5.97 Å². The zero-order valence-corrected chi connectivity index (χ0v) is 12.8. The number of benzene rings is 1. The van der Waals surface area contributed by atoms with Gasteiger partial charge in [-0.3, -0.25) is 4.90 Å². The molecule has 4 heteroatoms. The van der Waals surface area contributed by atoms with E-state index in [9.17, 15) is 4.79 Å². The molecule has 1 rings (SSSR count). The molecule has 1 N–H and O–H groups in total. The Labute approximate surface area is 121 Å². The highest BCUT2D eigenvalue weighted by molar-refractivity contribution is 5.87. The van der Waals surface area contributed by atoms with Crippen LogP contribution in [0.25, 0.3) is 0 Å². The van der Waals surface area contributed by atoms with Crippen LogP contribution < -0.4 is 4.74 Å². The molecular formula is C16H25NO3. The third-order valence-corrected chi connectivity index (χ3v) is 2.74. The standard InChI is InChI=1S/C16H25NO3/c1-12(2)9-17(10-13(3)4)11-20-15-7-5-6-14(8-15)16(18)19/h5-8,12-13H,9-11H2,1-4H3,(H,18,19). The zero-order valence-electron chi connectivity index (χ0n) is 12.8. The van der Waals surface area contributed by atoms with Gasteiger partial charge in [0.15, 0.2) is 0 Å². The molecule has 1 aromatic rings. The number of rotatable bonds is 8. The van der Waals surface area contributed by atoms with Crippen LogP contribution >= 0.6 is 0 Å². The quantitative estimate of drug-likeness (QED) is 0.742. The van der Waals surface area contributed by atoms with Gasteiger partial charge in [-0.1, -0.05) is 33.8 Å². The summed E-state index contributed by atoms with van der Waals surface area (Å²) in [5.41, 5.74) is 0.252. The number of ether oxygens (including phenoxy) is 1. The van der Waals surface area contributed by atoms with E-state index < -0.39 is 5.97 Å². The minimum atomic E-state index is -0.934. The van der Waals surface area contributed by atoms with Gasteiger partial charge in [0, 0.05) is 13.1 Å². The van der Waals surface area contributed by atoms with E-state index in [-0.39, 0.29) is 5.56 Å². The normalized spacial score (nSPS) is 11.3. The van der Waals surface area contributed by atoms with Crippen molar-refractivity contribution in [2.24, 2.45) is 11.8 Å². The highest BCUT2D eigenvalue weighted by Gasteiger charge is 2.11. The van der Waals surface area contributed by atoms with Crippen molar-refractivity contribution < 1.29 is 14.6 Å². The SMILES string of the molecule is CC(C)CN(COc1cccc(C(=O)O)c1)CC(C)C. The highest BCUT2D eigenvalue weighted by atomic mass is 16.5. The number of carboxylic acids is 1. The molecule has 0 radical (unpaired) electrons. The van der Waals surface area contributed by atoms with E-state index in [0.29, 0.717) is 24.3 Å². The zero-order chi connectivity index (χ0) is 15.1. The third kappa shape index (κ3) is 6.06. The van der Waals surface area contributed by atoms with Gasteiger partial charge >= 0.3 is 5.97 Å². The molecule has 0 fully saturated rings. The molecule has 0 unspecified atom stereocenters. The highest BCUT2D eigenvalue weighted by Crippen LogP contribution is 2.14. The Kier molecular flexibility index (Phi) is 6.52. The van der Waals surface area contributed by atoms with E-state index >= 15 is 0 Å². The number of hydrogen-bond acceptors (Lipinski definition) is 3. The molecule has 0 bridgehead atoms. The van der Waals surface area contributed by atoms with Crippen molar-refractivity contribution in [3.05, 3.63) is 29.8 Å². The Balaban J connectivity index is 2.61. The molecule has 112 valence electrons. The maximum atomic E-state index is 10.9. The molecule has 0 saturated heterocycles. The fourth-order valence-electron chi connectivity index (χ4n) is 2.10. The van der Waals surface area contributed by atoms with Crippen LogP contribution in [0, 0.1) is 11.8 Å². The Morgan fingerprint density at radius 2 is 1.80 bits per heavy atom. The van der Waals surface area contributed by atoms with E-state index in [0.717, 1.165) is 13.1 Å². The van der Waals surface area contributed by atoms with Gasteiger partial charge in [0.1, 0.15) is 12.5 Å². The predicted molar refractivity (Wildman–Crippen MR) is 80.1 cm³/mol. The largest absolute Gasteiger partial charge is 0.478 e. The molecule has 0 spiro atoms. The summed E-state index contributed by atoms with van der Waals surface area (Å²) in [5, 5.41) is 8.96. The van der Waals surface area contributed by atoms with E-state index in [1.165, 1.54) is 0 Å². The summed E-state index contributed by atoms with van der Waals surface area (Å²) in [6, 6.07) is 6.61. The van der Waals surface area contributed by atoms with Crippen LogP contribution in [-0.4, -0.2) is 35.8 Å². The fourth-order valence-corrected chi connectivity index (χ4v) is 2.10. The molecule has 0 amide bonds. The number of nitrogens with zero attached hydrogens (tertiary/aromatic N) is 1. The minimum absolute atomic E-state index is 0.252. The van der Waals surface area contributed by atoms with Gasteiger partial charge in [-0.05, 0) is 30.0 Å². The minimum Gasteiger partial charge on any atom is -0.478 e. The molecular weight excluding hydrogens is 254 g/mol. The molecule has 0 atom stereocenters. The van der Waals surface area contributed by atoms with Crippen molar-refractivity contribution in [1.29, 1.82) is 0 Å². The average Bonchev–Trinajstić information content (AvgIpc) is 2.35. The van der Waals surface area contributed by atoms with E-state index in [1.807, 2.05) is 0 Å². The second kappa shape index (κ2) is 7.90. The smallest absolute Gasteiger partial charge is 0.335 e. The third-order valence-electron chi connectivity index (χ3n) is 2.74. The van der Waals surface area contributed by atoms with Gasteiger partial charge in [0.05, 0.1) is 5.56 Å². The average molecular weight is 279 g/mol. The van der Waals surface area contributed by atoms with Crippen LogP contribution in [-0.2, 0) is 0 Å². The van der Waals surface area contributed by atoms with Crippen molar-refractivity contribution in [1.82, 2.24) is 4.90 Å². The Morgan fingerprint density at radius 3 is 2.30 bits per heavy atom. The maximum absolute atomic E-state index is 10.9. The van der Waals surface area contributed by atoms with Gasteiger partial charge in [-0.15, -0.1) is 0 Å². The van der Waals surface area contributed by atoms with Crippen LogP contribution in [0.5, 0.6) is 5.75 Å². The van der Waals surface area contributed by atoms with Gasteiger partial charge in [-0.25, -0.2) is 4.79 Å². The van der Waals surface area contributed by atoms with Gasteiger partial charge in [0.2, 0.25) is 0 Å². The summed E-state index contributed by atoms with van der Waals surface area (Å²) in [6.07, 6.45) is 0.